The summed E-state index contributed by atoms with van der Waals surface area (Å²) in [5.41, 5.74) is 1.50. The average molecular weight is 437 g/mol. The van der Waals surface area contributed by atoms with Gasteiger partial charge in [0.2, 0.25) is 12.7 Å². The number of rotatable bonds is 7. The molecule has 0 spiro atoms. The van der Waals surface area contributed by atoms with Crippen molar-refractivity contribution in [2.45, 2.75) is 0 Å². The number of amides is 2. The highest BCUT2D eigenvalue weighted by Gasteiger charge is 2.19. The predicted molar refractivity (Wildman–Crippen MR) is 120 cm³/mol. The summed E-state index contributed by atoms with van der Waals surface area (Å²) < 4.78 is 15.8. The molecule has 0 aromatic heterocycles. The summed E-state index contributed by atoms with van der Waals surface area (Å²) in [5.74, 6) is 2.04. The zero-order valence-electron chi connectivity index (χ0n) is 18.1. The largest absolute Gasteiger partial charge is 0.497 e. The van der Waals surface area contributed by atoms with Crippen LogP contribution in [0.2, 0.25) is 0 Å². The lowest BCUT2D eigenvalue weighted by atomic mass is 10.2. The van der Waals surface area contributed by atoms with Gasteiger partial charge in [-0.2, -0.15) is 0 Å². The highest BCUT2D eigenvalue weighted by Crippen LogP contribution is 2.32. The third kappa shape index (κ3) is 5.39. The molecule has 1 fully saturated rings. The molecule has 2 amide bonds. The van der Waals surface area contributed by atoms with Crippen LogP contribution in [0.3, 0.4) is 0 Å². The van der Waals surface area contributed by atoms with Crippen LogP contribution in [-0.2, 0) is 4.79 Å². The van der Waals surface area contributed by atoms with Gasteiger partial charge in [-0.1, -0.05) is 6.07 Å². The van der Waals surface area contributed by atoms with E-state index in [1.165, 1.54) is 0 Å². The maximum atomic E-state index is 12.5. The molecule has 0 unspecified atom stereocenters. The second-order valence-electron chi connectivity index (χ2n) is 7.60. The number of carbonyl (C=O) groups excluding carboxylic acids is 2. The fourth-order valence-corrected chi connectivity index (χ4v) is 3.65. The molecule has 2 aromatic carbocycles. The lowest BCUT2D eigenvalue weighted by Gasteiger charge is -2.34. The molecule has 0 radical (unpaired) electrons. The number of piperazine rings is 1. The molecule has 0 atom stereocenters. The summed E-state index contributed by atoms with van der Waals surface area (Å²) >= 11 is 0. The topological polar surface area (TPSA) is 80.3 Å². The van der Waals surface area contributed by atoms with E-state index in [-0.39, 0.29) is 18.6 Å². The first-order valence-electron chi connectivity index (χ1n) is 10.6. The molecular formula is C24H27N3O5. The zero-order valence-corrected chi connectivity index (χ0v) is 18.1. The Kier molecular flexibility index (Phi) is 6.91. The van der Waals surface area contributed by atoms with Gasteiger partial charge in [-0.05, 0) is 48.0 Å². The predicted octanol–water partition coefficient (Wildman–Crippen LogP) is 2.01. The third-order valence-corrected chi connectivity index (χ3v) is 5.56. The molecule has 2 aromatic rings. The Morgan fingerprint density at radius 3 is 2.53 bits per heavy atom. The normalized spacial score (nSPS) is 15.7. The first-order valence-corrected chi connectivity index (χ1v) is 10.6. The van der Waals surface area contributed by atoms with Crippen LogP contribution < -0.4 is 19.5 Å². The van der Waals surface area contributed by atoms with Gasteiger partial charge in [-0.3, -0.25) is 14.5 Å². The second kappa shape index (κ2) is 10.2. The van der Waals surface area contributed by atoms with Gasteiger partial charge in [0.1, 0.15) is 5.75 Å². The molecule has 8 heteroatoms. The lowest BCUT2D eigenvalue weighted by molar-refractivity contribution is -0.127. The van der Waals surface area contributed by atoms with Crippen LogP contribution in [0, 0.1) is 0 Å². The monoisotopic (exact) mass is 437 g/mol. The molecule has 1 N–H and O–H groups in total. The second-order valence-corrected chi connectivity index (χ2v) is 7.60. The number of nitrogens with zero attached hydrogens (tertiary/aromatic N) is 2. The molecular weight excluding hydrogens is 410 g/mol. The summed E-state index contributed by atoms with van der Waals surface area (Å²) in [6.07, 6.45) is 3.40. The maximum absolute atomic E-state index is 12.5. The van der Waals surface area contributed by atoms with E-state index >= 15 is 0 Å². The Morgan fingerprint density at radius 2 is 1.78 bits per heavy atom. The molecule has 8 nitrogen and oxygen atoms in total. The number of nitrogens with one attached hydrogen (secondary N) is 1. The molecule has 0 saturated carbocycles. The van der Waals surface area contributed by atoms with Crippen LogP contribution in [0.4, 0.5) is 0 Å². The number of carbonyl (C=O) groups is 2. The Morgan fingerprint density at radius 1 is 1.03 bits per heavy atom. The van der Waals surface area contributed by atoms with Gasteiger partial charge in [0.05, 0.1) is 7.11 Å². The van der Waals surface area contributed by atoms with Gasteiger partial charge in [0, 0.05) is 50.9 Å². The van der Waals surface area contributed by atoms with E-state index < -0.39 is 0 Å². The van der Waals surface area contributed by atoms with Crippen molar-refractivity contribution in [2.75, 3.05) is 53.2 Å². The van der Waals surface area contributed by atoms with E-state index in [9.17, 15) is 9.59 Å². The molecule has 32 heavy (non-hydrogen) atoms. The quantitative estimate of drug-likeness (QED) is 0.668. The number of ether oxygens (including phenoxy) is 3. The van der Waals surface area contributed by atoms with Gasteiger partial charge in [-0.25, -0.2) is 0 Å². The highest BCUT2D eigenvalue weighted by atomic mass is 16.7. The SMILES string of the molecule is COc1ccc(C(=O)NCCN2CCN(C(=O)/C=C/c3ccc4c(c3)OCO4)CC2)cc1. The summed E-state index contributed by atoms with van der Waals surface area (Å²) in [6.45, 7) is 4.42. The van der Waals surface area contributed by atoms with Gasteiger partial charge in [0.25, 0.3) is 5.91 Å². The summed E-state index contributed by atoms with van der Waals surface area (Å²) in [4.78, 5) is 28.8. The lowest BCUT2D eigenvalue weighted by Crippen LogP contribution is -2.49. The van der Waals surface area contributed by atoms with E-state index in [4.69, 9.17) is 14.2 Å². The first kappa shape index (κ1) is 21.7. The van der Waals surface area contributed by atoms with E-state index in [0.29, 0.717) is 30.9 Å². The molecule has 168 valence electrons. The molecule has 0 bridgehead atoms. The van der Waals surface area contributed by atoms with Crippen LogP contribution in [0.1, 0.15) is 15.9 Å². The number of methoxy groups -OCH3 is 1. The van der Waals surface area contributed by atoms with Crippen molar-refractivity contribution >= 4 is 17.9 Å². The van der Waals surface area contributed by atoms with Crippen LogP contribution in [0.25, 0.3) is 6.08 Å². The van der Waals surface area contributed by atoms with E-state index in [2.05, 4.69) is 10.2 Å². The Hall–Kier alpha value is -3.52. The average Bonchev–Trinajstić information content (AvgIpc) is 3.31. The third-order valence-electron chi connectivity index (χ3n) is 5.56. The first-order chi connectivity index (χ1) is 15.6. The van der Waals surface area contributed by atoms with Gasteiger partial charge in [0.15, 0.2) is 11.5 Å². The maximum Gasteiger partial charge on any atom is 0.251 e. The summed E-state index contributed by atoms with van der Waals surface area (Å²) in [7, 11) is 1.60. The molecule has 4 rings (SSSR count). The Bertz CT molecular complexity index is 982. The van der Waals surface area contributed by atoms with Crippen molar-refractivity contribution in [3.8, 4) is 17.2 Å². The van der Waals surface area contributed by atoms with Crippen LogP contribution in [0.15, 0.2) is 48.5 Å². The number of fused-ring (bicyclic) bond motifs is 1. The molecule has 2 heterocycles. The number of benzene rings is 2. The van der Waals surface area contributed by atoms with Crippen LogP contribution >= 0.6 is 0 Å². The van der Waals surface area contributed by atoms with Crippen LogP contribution in [-0.4, -0.2) is 74.8 Å². The molecule has 0 aliphatic carbocycles. The van der Waals surface area contributed by atoms with Crippen LogP contribution in [0.5, 0.6) is 17.2 Å². The standard InChI is InChI=1S/C24H27N3O5/c1-30-20-6-4-19(5-7-20)24(29)25-10-11-26-12-14-27(15-13-26)23(28)9-3-18-2-8-21-22(16-18)32-17-31-21/h2-9,16H,10-15,17H2,1H3,(H,25,29)/b9-3+. The fourth-order valence-electron chi connectivity index (χ4n) is 3.65. The Balaban J connectivity index is 1.17. The van der Waals surface area contributed by atoms with Crippen molar-refractivity contribution in [3.63, 3.8) is 0 Å². The van der Waals surface area contributed by atoms with E-state index in [1.807, 2.05) is 23.1 Å². The van der Waals surface area contributed by atoms with Crippen molar-refractivity contribution in [1.82, 2.24) is 15.1 Å². The number of hydrogen-bond donors (Lipinski definition) is 1. The van der Waals surface area contributed by atoms with E-state index in [0.717, 1.165) is 36.7 Å². The molecule has 1 saturated heterocycles. The fraction of sp³-hybridized carbons (Fsp3) is 0.333. The van der Waals surface area contributed by atoms with Crippen molar-refractivity contribution in [3.05, 3.63) is 59.7 Å². The van der Waals surface area contributed by atoms with E-state index in [1.54, 1.807) is 43.5 Å². The minimum atomic E-state index is -0.102. The van der Waals surface area contributed by atoms with Crippen molar-refractivity contribution < 1.29 is 23.8 Å². The smallest absolute Gasteiger partial charge is 0.251 e. The highest BCUT2D eigenvalue weighted by molar-refractivity contribution is 5.94. The van der Waals surface area contributed by atoms with Gasteiger partial charge >= 0.3 is 0 Å². The summed E-state index contributed by atoms with van der Waals surface area (Å²) in [6, 6.07) is 12.6. The minimum Gasteiger partial charge on any atom is -0.497 e. The van der Waals surface area contributed by atoms with Gasteiger partial charge in [-0.15, -0.1) is 0 Å². The zero-order chi connectivity index (χ0) is 22.3. The summed E-state index contributed by atoms with van der Waals surface area (Å²) in [5, 5.41) is 2.94. The van der Waals surface area contributed by atoms with Crippen molar-refractivity contribution in [2.24, 2.45) is 0 Å². The molecule has 2 aliphatic rings. The van der Waals surface area contributed by atoms with Crippen molar-refractivity contribution in [1.29, 1.82) is 0 Å². The minimum absolute atomic E-state index is 0.00451. The molecule has 2 aliphatic heterocycles. The number of hydrogen-bond acceptors (Lipinski definition) is 6. The van der Waals surface area contributed by atoms with Gasteiger partial charge < -0.3 is 24.4 Å². The Labute approximate surface area is 187 Å².